The van der Waals surface area contributed by atoms with Gasteiger partial charge in [-0.1, -0.05) is 24.3 Å². The molecule has 0 saturated heterocycles. The van der Waals surface area contributed by atoms with Gasteiger partial charge >= 0.3 is 0 Å². The van der Waals surface area contributed by atoms with Gasteiger partial charge in [0.25, 0.3) is 0 Å². The first-order valence-electron chi connectivity index (χ1n) is 7.37. The van der Waals surface area contributed by atoms with Gasteiger partial charge in [0.1, 0.15) is 11.5 Å². The maximum absolute atomic E-state index is 12.2. The summed E-state index contributed by atoms with van der Waals surface area (Å²) < 4.78 is 5.11. The van der Waals surface area contributed by atoms with Gasteiger partial charge in [-0.05, 0) is 47.7 Å². The lowest BCUT2D eigenvalue weighted by Crippen LogP contribution is -2.24. The molecule has 1 aliphatic rings. The molecular formula is C18H19NO3. The fourth-order valence-electron chi connectivity index (χ4n) is 2.64. The minimum absolute atomic E-state index is 0.0443. The van der Waals surface area contributed by atoms with E-state index in [0.29, 0.717) is 6.54 Å². The number of rotatable bonds is 5. The maximum atomic E-state index is 12.2. The van der Waals surface area contributed by atoms with Crippen LogP contribution in [0.4, 0.5) is 0 Å². The number of amides is 1. The summed E-state index contributed by atoms with van der Waals surface area (Å²) in [7, 11) is 1.63. The first-order valence-corrected chi connectivity index (χ1v) is 7.37. The summed E-state index contributed by atoms with van der Waals surface area (Å²) in [6.45, 7) is 0.529. The molecule has 2 N–H and O–H groups in total. The van der Waals surface area contributed by atoms with Gasteiger partial charge in [-0.25, -0.2) is 0 Å². The highest BCUT2D eigenvalue weighted by Crippen LogP contribution is 2.47. The molecule has 0 aliphatic heterocycles. The van der Waals surface area contributed by atoms with E-state index in [2.05, 4.69) is 5.32 Å². The molecule has 1 aliphatic carbocycles. The van der Waals surface area contributed by atoms with Crippen LogP contribution in [0, 0.1) is 5.92 Å². The van der Waals surface area contributed by atoms with Crippen molar-refractivity contribution >= 4 is 5.91 Å². The topological polar surface area (TPSA) is 58.6 Å². The quantitative estimate of drug-likeness (QED) is 0.892. The van der Waals surface area contributed by atoms with Crippen LogP contribution in [0.5, 0.6) is 11.5 Å². The van der Waals surface area contributed by atoms with E-state index in [0.717, 1.165) is 23.3 Å². The predicted molar refractivity (Wildman–Crippen MR) is 83.8 cm³/mol. The zero-order valence-corrected chi connectivity index (χ0v) is 12.5. The third kappa shape index (κ3) is 3.22. The fraction of sp³-hybridized carbons (Fsp3) is 0.278. The van der Waals surface area contributed by atoms with E-state index in [4.69, 9.17) is 4.74 Å². The van der Waals surface area contributed by atoms with Gasteiger partial charge < -0.3 is 15.2 Å². The molecule has 4 heteroatoms. The Hall–Kier alpha value is -2.49. The fourth-order valence-corrected chi connectivity index (χ4v) is 2.64. The second-order valence-electron chi connectivity index (χ2n) is 5.61. The summed E-state index contributed by atoms with van der Waals surface area (Å²) in [5.41, 5.74) is 2.17. The Bertz CT molecular complexity index is 649. The summed E-state index contributed by atoms with van der Waals surface area (Å²) in [5, 5.41) is 12.3. The Morgan fingerprint density at radius 2 is 1.86 bits per heavy atom. The van der Waals surface area contributed by atoms with Gasteiger partial charge in [0.05, 0.1) is 7.11 Å². The molecule has 1 amide bonds. The number of nitrogens with one attached hydrogen (secondary N) is 1. The molecule has 22 heavy (non-hydrogen) atoms. The third-order valence-electron chi connectivity index (χ3n) is 4.07. The van der Waals surface area contributed by atoms with Crippen molar-refractivity contribution < 1.29 is 14.6 Å². The molecule has 0 radical (unpaired) electrons. The van der Waals surface area contributed by atoms with Crippen molar-refractivity contribution in [3.63, 3.8) is 0 Å². The SMILES string of the molecule is COc1ccc(CNC(=O)C2CC2c2ccc(O)cc2)cc1. The number of benzene rings is 2. The zero-order chi connectivity index (χ0) is 15.5. The normalized spacial score (nSPS) is 19.5. The average Bonchev–Trinajstić information content (AvgIpc) is 3.34. The van der Waals surface area contributed by atoms with Crippen LogP contribution in [0.15, 0.2) is 48.5 Å². The molecule has 3 rings (SSSR count). The molecule has 2 aromatic carbocycles. The zero-order valence-electron chi connectivity index (χ0n) is 12.5. The number of phenols is 1. The lowest BCUT2D eigenvalue weighted by Gasteiger charge is -2.06. The van der Waals surface area contributed by atoms with E-state index < -0.39 is 0 Å². The van der Waals surface area contributed by atoms with Gasteiger partial charge in [0, 0.05) is 12.5 Å². The van der Waals surface area contributed by atoms with Crippen LogP contribution < -0.4 is 10.1 Å². The van der Waals surface area contributed by atoms with E-state index in [1.54, 1.807) is 19.2 Å². The Kier molecular flexibility index (Phi) is 4.00. The Balaban J connectivity index is 1.51. The van der Waals surface area contributed by atoms with Crippen LogP contribution in [0.3, 0.4) is 0 Å². The van der Waals surface area contributed by atoms with Crippen molar-refractivity contribution in [2.24, 2.45) is 5.92 Å². The van der Waals surface area contributed by atoms with Crippen molar-refractivity contribution in [3.8, 4) is 11.5 Å². The molecule has 1 saturated carbocycles. The number of hydrogen-bond acceptors (Lipinski definition) is 3. The number of aromatic hydroxyl groups is 1. The second-order valence-corrected chi connectivity index (χ2v) is 5.61. The van der Waals surface area contributed by atoms with Crippen LogP contribution in [0.2, 0.25) is 0 Å². The summed E-state index contributed by atoms with van der Waals surface area (Å²) in [5.74, 6) is 1.47. The molecule has 2 unspecified atom stereocenters. The van der Waals surface area contributed by atoms with Crippen LogP contribution in [-0.4, -0.2) is 18.1 Å². The molecule has 4 nitrogen and oxygen atoms in total. The number of methoxy groups -OCH3 is 1. The summed E-state index contributed by atoms with van der Waals surface area (Å²) in [4.78, 5) is 12.2. The highest BCUT2D eigenvalue weighted by Gasteiger charge is 2.43. The number of phenolic OH excluding ortho intramolecular Hbond substituents is 1. The van der Waals surface area contributed by atoms with Crippen molar-refractivity contribution in [2.45, 2.75) is 18.9 Å². The molecule has 0 bridgehead atoms. The molecule has 2 atom stereocenters. The Morgan fingerprint density at radius 1 is 1.18 bits per heavy atom. The summed E-state index contributed by atoms with van der Waals surface area (Å²) in [6, 6.07) is 14.8. The number of hydrogen-bond donors (Lipinski definition) is 2. The largest absolute Gasteiger partial charge is 0.508 e. The van der Waals surface area contributed by atoms with Crippen molar-refractivity contribution in [1.29, 1.82) is 0 Å². The highest BCUT2D eigenvalue weighted by molar-refractivity contribution is 5.82. The highest BCUT2D eigenvalue weighted by atomic mass is 16.5. The molecular weight excluding hydrogens is 278 g/mol. The van der Waals surface area contributed by atoms with E-state index >= 15 is 0 Å². The number of ether oxygens (including phenoxy) is 1. The van der Waals surface area contributed by atoms with Crippen LogP contribution in [-0.2, 0) is 11.3 Å². The van der Waals surface area contributed by atoms with Gasteiger partial charge in [-0.15, -0.1) is 0 Å². The van der Waals surface area contributed by atoms with E-state index in [1.807, 2.05) is 36.4 Å². The minimum atomic E-state index is 0.0443. The van der Waals surface area contributed by atoms with Gasteiger partial charge in [0.2, 0.25) is 5.91 Å². The standard InChI is InChI=1S/C18H19NO3/c1-22-15-8-2-12(3-9-15)11-19-18(21)17-10-16(17)13-4-6-14(20)7-5-13/h2-9,16-17,20H,10-11H2,1H3,(H,19,21). The smallest absolute Gasteiger partial charge is 0.224 e. The van der Waals surface area contributed by atoms with Crippen LogP contribution >= 0.6 is 0 Å². The number of carbonyl (C=O) groups excluding carboxylic acids is 1. The van der Waals surface area contributed by atoms with Gasteiger partial charge in [-0.3, -0.25) is 4.79 Å². The van der Waals surface area contributed by atoms with E-state index in [9.17, 15) is 9.90 Å². The minimum Gasteiger partial charge on any atom is -0.508 e. The van der Waals surface area contributed by atoms with Gasteiger partial charge in [0.15, 0.2) is 0 Å². The number of carbonyl (C=O) groups is 1. The lowest BCUT2D eigenvalue weighted by molar-refractivity contribution is -0.122. The van der Waals surface area contributed by atoms with Crippen LogP contribution in [0.25, 0.3) is 0 Å². The van der Waals surface area contributed by atoms with E-state index in [1.165, 1.54) is 0 Å². The molecule has 114 valence electrons. The first kappa shape index (κ1) is 14.4. The second kappa shape index (κ2) is 6.10. The molecule has 1 fully saturated rings. The molecule has 0 heterocycles. The monoisotopic (exact) mass is 297 g/mol. The van der Waals surface area contributed by atoms with Crippen molar-refractivity contribution in [2.75, 3.05) is 7.11 Å². The van der Waals surface area contributed by atoms with E-state index in [-0.39, 0.29) is 23.5 Å². The molecule has 0 aromatic heterocycles. The average molecular weight is 297 g/mol. The summed E-state index contributed by atoms with van der Waals surface area (Å²) in [6.07, 6.45) is 0.874. The third-order valence-corrected chi connectivity index (χ3v) is 4.07. The molecule has 2 aromatic rings. The first-order chi connectivity index (χ1) is 10.7. The van der Waals surface area contributed by atoms with Crippen molar-refractivity contribution in [3.05, 3.63) is 59.7 Å². The predicted octanol–water partition coefficient (Wildman–Crippen LogP) is 2.82. The maximum Gasteiger partial charge on any atom is 0.224 e. The molecule has 0 spiro atoms. The van der Waals surface area contributed by atoms with Gasteiger partial charge in [-0.2, -0.15) is 0 Å². The Morgan fingerprint density at radius 3 is 2.50 bits per heavy atom. The Labute approximate surface area is 129 Å². The van der Waals surface area contributed by atoms with Crippen molar-refractivity contribution in [1.82, 2.24) is 5.32 Å². The van der Waals surface area contributed by atoms with Crippen LogP contribution in [0.1, 0.15) is 23.5 Å². The lowest BCUT2D eigenvalue weighted by atomic mass is 10.1. The summed E-state index contributed by atoms with van der Waals surface area (Å²) >= 11 is 0.